The van der Waals surface area contributed by atoms with Gasteiger partial charge in [-0.1, -0.05) is 12.1 Å². The molecule has 0 radical (unpaired) electrons. The van der Waals surface area contributed by atoms with Gasteiger partial charge in [0, 0.05) is 5.69 Å². The largest absolute Gasteiger partial charge is 0.456 e. The fraction of sp³-hybridized carbons (Fsp3) is 0.143. The number of aryl methyl sites for hydroxylation is 1. The van der Waals surface area contributed by atoms with E-state index in [0.717, 1.165) is 5.56 Å². The van der Waals surface area contributed by atoms with Crippen molar-refractivity contribution in [2.45, 2.75) is 13.3 Å². The summed E-state index contributed by atoms with van der Waals surface area (Å²) in [5, 5.41) is 11.3. The first kappa shape index (κ1) is 11.9. The molecule has 1 aromatic heterocycles. The van der Waals surface area contributed by atoms with Crippen LogP contribution < -0.4 is 5.32 Å². The number of hydrogen-bond donors (Lipinski definition) is 1. The van der Waals surface area contributed by atoms with Gasteiger partial charge in [-0.3, -0.25) is 4.79 Å². The molecule has 0 bridgehead atoms. The topological polar surface area (TPSA) is 66.0 Å². The maximum Gasteiger partial charge on any atom is 0.291 e. The zero-order chi connectivity index (χ0) is 13.0. The number of hydrogen-bond acceptors (Lipinski definition) is 3. The normalized spacial score (nSPS) is 9.78. The van der Waals surface area contributed by atoms with Crippen molar-refractivity contribution in [3.8, 4) is 6.07 Å². The third-order valence-electron chi connectivity index (χ3n) is 2.46. The van der Waals surface area contributed by atoms with Gasteiger partial charge in [0.05, 0.1) is 12.5 Å². The van der Waals surface area contributed by atoms with E-state index in [0.29, 0.717) is 17.9 Å². The molecule has 1 aromatic carbocycles. The van der Waals surface area contributed by atoms with Gasteiger partial charge in [0.15, 0.2) is 5.76 Å². The van der Waals surface area contributed by atoms with E-state index in [1.807, 2.05) is 12.1 Å². The van der Waals surface area contributed by atoms with Crippen molar-refractivity contribution in [3.05, 3.63) is 53.5 Å². The Morgan fingerprint density at radius 2 is 2.00 bits per heavy atom. The van der Waals surface area contributed by atoms with Gasteiger partial charge in [-0.2, -0.15) is 5.26 Å². The van der Waals surface area contributed by atoms with Crippen molar-refractivity contribution in [3.63, 3.8) is 0 Å². The van der Waals surface area contributed by atoms with E-state index >= 15 is 0 Å². The van der Waals surface area contributed by atoms with Gasteiger partial charge in [-0.25, -0.2) is 0 Å². The second-order valence-electron chi connectivity index (χ2n) is 3.90. The summed E-state index contributed by atoms with van der Waals surface area (Å²) in [6.07, 6.45) is 0.367. The van der Waals surface area contributed by atoms with Crippen molar-refractivity contribution in [1.82, 2.24) is 0 Å². The van der Waals surface area contributed by atoms with Crippen LogP contribution in [0.15, 0.2) is 40.8 Å². The lowest BCUT2D eigenvalue weighted by Gasteiger charge is -2.03. The van der Waals surface area contributed by atoms with E-state index in [4.69, 9.17) is 9.68 Å². The first-order valence-electron chi connectivity index (χ1n) is 5.53. The molecule has 0 atom stereocenters. The fourth-order valence-electron chi connectivity index (χ4n) is 1.55. The Hall–Kier alpha value is -2.54. The number of rotatable bonds is 3. The number of nitrogens with zero attached hydrogens (tertiary/aromatic N) is 1. The molecule has 0 aliphatic carbocycles. The zero-order valence-corrected chi connectivity index (χ0v) is 9.93. The maximum absolute atomic E-state index is 11.8. The summed E-state index contributed by atoms with van der Waals surface area (Å²) in [5.41, 5.74) is 1.60. The molecule has 0 spiro atoms. The fourth-order valence-corrected chi connectivity index (χ4v) is 1.55. The highest BCUT2D eigenvalue weighted by molar-refractivity contribution is 6.02. The highest BCUT2D eigenvalue weighted by Crippen LogP contribution is 2.13. The van der Waals surface area contributed by atoms with E-state index in [9.17, 15) is 4.79 Å². The molecule has 18 heavy (non-hydrogen) atoms. The quantitative estimate of drug-likeness (QED) is 0.896. The lowest BCUT2D eigenvalue weighted by Crippen LogP contribution is -2.10. The summed E-state index contributed by atoms with van der Waals surface area (Å²) in [6.45, 7) is 1.79. The summed E-state index contributed by atoms with van der Waals surface area (Å²) in [5.74, 6) is 0.703. The summed E-state index contributed by atoms with van der Waals surface area (Å²) in [4.78, 5) is 11.8. The molecule has 1 amide bonds. The zero-order valence-electron chi connectivity index (χ0n) is 9.93. The van der Waals surface area contributed by atoms with Gasteiger partial charge < -0.3 is 9.73 Å². The van der Waals surface area contributed by atoms with E-state index in [-0.39, 0.29) is 11.7 Å². The van der Waals surface area contributed by atoms with E-state index in [2.05, 4.69) is 11.4 Å². The third-order valence-corrected chi connectivity index (χ3v) is 2.46. The Labute approximate surface area is 105 Å². The van der Waals surface area contributed by atoms with Gasteiger partial charge in [-0.05, 0) is 36.8 Å². The number of anilines is 1. The number of carbonyl (C=O) groups is 1. The molecule has 90 valence electrons. The Morgan fingerprint density at radius 1 is 1.28 bits per heavy atom. The van der Waals surface area contributed by atoms with Gasteiger partial charge in [-0.15, -0.1) is 0 Å². The molecule has 4 nitrogen and oxygen atoms in total. The van der Waals surface area contributed by atoms with Gasteiger partial charge in [0.1, 0.15) is 5.76 Å². The molecule has 0 saturated carbocycles. The molecule has 1 N–H and O–H groups in total. The Kier molecular flexibility index (Phi) is 3.44. The highest BCUT2D eigenvalue weighted by atomic mass is 16.3. The van der Waals surface area contributed by atoms with E-state index in [1.54, 1.807) is 31.2 Å². The lowest BCUT2D eigenvalue weighted by atomic mass is 10.1. The number of furan rings is 1. The minimum atomic E-state index is -0.281. The van der Waals surface area contributed by atoms with Crippen molar-refractivity contribution in [2.24, 2.45) is 0 Å². The van der Waals surface area contributed by atoms with E-state index in [1.165, 1.54) is 0 Å². The number of benzene rings is 1. The molecule has 0 fully saturated rings. The maximum atomic E-state index is 11.8. The summed E-state index contributed by atoms with van der Waals surface area (Å²) < 4.78 is 5.22. The second kappa shape index (κ2) is 5.19. The van der Waals surface area contributed by atoms with Gasteiger partial charge >= 0.3 is 0 Å². The molecule has 1 heterocycles. The predicted molar refractivity (Wildman–Crippen MR) is 67.2 cm³/mol. The molecule has 0 saturated heterocycles. The second-order valence-corrected chi connectivity index (χ2v) is 3.90. The molecule has 0 unspecified atom stereocenters. The lowest BCUT2D eigenvalue weighted by molar-refractivity contribution is 0.0995. The minimum Gasteiger partial charge on any atom is -0.456 e. The molecular weight excluding hydrogens is 228 g/mol. The Bertz CT molecular complexity index is 591. The molecule has 0 aliphatic rings. The molecule has 0 aliphatic heterocycles. The molecule has 4 heteroatoms. The van der Waals surface area contributed by atoms with Crippen molar-refractivity contribution in [2.75, 3.05) is 5.32 Å². The van der Waals surface area contributed by atoms with Crippen molar-refractivity contribution < 1.29 is 9.21 Å². The van der Waals surface area contributed by atoms with Gasteiger partial charge in [0.2, 0.25) is 0 Å². The number of nitriles is 1. The van der Waals surface area contributed by atoms with Crippen LogP contribution in [0, 0.1) is 18.3 Å². The first-order valence-corrected chi connectivity index (χ1v) is 5.53. The van der Waals surface area contributed by atoms with Crippen molar-refractivity contribution >= 4 is 11.6 Å². The summed E-state index contributed by atoms with van der Waals surface area (Å²) >= 11 is 0. The summed E-state index contributed by atoms with van der Waals surface area (Å²) in [7, 11) is 0. The minimum absolute atomic E-state index is 0.281. The van der Waals surface area contributed by atoms with Crippen molar-refractivity contribution in [1.29, 1.82) is 5.26 Å². The number of nitrogens with one attached hydrogen (secondary N) is 1. The van der Waals surface area contributed by atoms with Crippen LogP contribution in [0.5, 0.6) is 0 Å². The molecular formula is C14H12N2O2. The third kappa shape index (κ3) is 2.77. The monoisotopic (exact) mass is 240 g/mol. The Balaban J connectivity index is 2.05. The van der Waals surface area contributed by atoms with Crippen LogP contribution in [-0.4, -0.2) is 5.91 Å². The molecule has 2 rings (SSSR count). The summed E-state index contributed by atoms with van der Waals surface area (Å²) in [6, 6.07) is 12.6. The highest BCUT2D eigenvalue weighted by Gasteiger charge is 2.09. The Morgan fingerprint density at radius 3 is 2.56 bits per heavy atom. The van der Waals surface area contributed by atoms with Gasteiger partial charge in [0.25, 0.3) is 5.91 Å². The van der Waals surface area contributed by atoms with Crippen LogP contribution in [-0.2, 0) is 6.42 Å². The number of amides is 1. The van der Waals surface area contributed by atoms with E-state index < -0.39 is 0 Å². The SMILES string of the molecule is Cc1ccc(C(=O)Nc2ccc(CC#N)cc2)o1. The van der Waals surface area contributed by atoms with Crippen LogP contribution in [0.3, 0.4) is 0 Å². The van der Waals surface area contributed by atoms with Crippen LogP contribution in [0.1, 0.15) is 21.9 Å². The predicted octanol–water partition coefficient (Wildman–Crippen LogP) is 2.91. The van der Waals surface area contributed by atoms with Crippen LogP contribution in [0.4, 0.5) is 5.69 Å². The molecule has 2 aromatic rings. The van der Waals surface area contributed by atoms with Crippen LogP contribution in [0.2, 0.25) is 0 Å². The van der Waals surface area contributed by atoms with Crippen LogP contribution >= 0.6 is 0 Å². The average molecular weight is 240 g/mol. The average Bonchev–Trinajstić information content (AvgIpc) is 2.79. The first-order chi connectivity index (χ1) is 8.69. The smallest absolute Gasteiger partial charge is 0.291 e. The number of carbonyl (C=O) groups excluding carboxylic acids is 1. The van der Waals surface area contributed by atoms with Crippen LogP contribution in [0.25, 0.3) is 0 Å². The standard InChI is InChI=1S/C14H12N2O2/c1-10-2-7-13(18-10)14(17)16-12-5-3-11(4-6-12)8-9-15/h2-7H,8H2,1H3,(H,16,17).